The molecule has 2 rings (SSSR count). The Labute approximate surface area is 96.8 Å². The van der Waals surface area contributed by atoms with E-state index >= 15 is 0 Å². The number of ether oxygens (including phenoxy) is 1. The molecule has 16 heavy (non-hydrogen) atoms. The van der Waals surface area contributed by atoms with Gasteiger partial charge in [-0.25, -0.2) is 0 Å². The highest BCUT2D eigenvalue weighted by atomic mass is 16.5. The first-order valence-corrected chi connectivity index (χ1v) is 5.68. The summed E-state index contributed by atoms with van der Waals surface area (Å²) in [4.78, 5) is 9.16. The predicted octanol–water partition coefficient (Wildman–Crippen LogP) is 0.838. The Kier molecular flexibility index (Phi) is 3.74. The van der Waals surface area contributed by atoms with Gasteiger partial charge >= 0.3 is 0 Å². The molecule has 1 saturated heterocycles. The third kappa shape index (κ3) is 2.71. The number of methoxy groups -OCH3 is 1. The van der Waals surface area contributed by atoms with Crippen LogP contribution in [0, 0.1) is 0 Å². The monoisotopic (exact) mass is 221 g/mol. The summed E-state index contributed by atoms with van der Waals surface area (Å²) in [6.45, 7) is 5.37. The minimum Gasteiger partial charge on any atom is -0.495 e. The molecule has 1 aliphatic rings. The molecule has 1 aliphatic heterocycles. The maximum atomic E-state index is 5.31. The van der Waals surface area contributed by atoms with E-state index in [1.165, 1.54) is 0 Å². The highest BCUT2D eigenvalue weighted by Crippen LogP contribution is 2.17. The minimum absolute atomic E-state index is 0.887. The molecule has 0 bridgehead atoms. The molecule has 0 N–H and O–H groups in total. The fourth-order valence-corrected chi connectivity index (χ4v) is 1.95. The lowest BCUT2D eigenvalue weighted by Gasteiger charge is -2.32. The molecule has 1 fully saturated rings. The molecule has 4 heteroatoms. The topological polar surface area (TPSA) is 28.6 Å². The van der Waals surface area contributed by atoms with E-state index in [0.717, 1.165) is 44.2 Å². The van der Waals surface area contributed by atoms with Crippen LogP contribution in [0.5, 0.6) is 5.75 Å². The van der Waals surface area contributed by atoms with Gasteiger partial charge in [-0.15, -0.1) is 0 Å². The van der Waals surface area contributed by atoms with E-state index in [1.807, 2.05) is 18.3 Å². The first kappa shape index (κ1) is 11.4. The van der Waals surface area contributed by atoms with Crippen LogP contribution in [-0.4, -0.2) is 55.1 Å². The van der Waals surface area contributed by atoms with Crippen LogP contribution in [0.2, 0.25) is 0 Å². The van der Waals surface area contributed by atoms with Crippen LogP contribution >= 0.6 is 0 Å². The molecule has 1 aromatic heterocycles. The van der Waals surface area contributed by atoms with Gasteiger partial charge in [-0.3, -0.25) is 9.88 Å². The van der Waals surface area contributed by atoms with Crippen molar-refractivity contribution in [1.29, 1.82) is 0 Å². The molecule has 0 aliphatic carbocycles. The molecular weight excluding hydrogens is 202 g/mol. The van der Waals surface area contributed by atoms with Gasteiger partial charge in [0.15, 0.2) is 0 Å². The van der Waals surface area contributed by atoms with Crippen molar-refractivity contribution in [2.24, 2.45) is 0 Å². The first-order valence-electron chi connectivity index (χ1n) is 5.68. The van der Waals surface area contributed by atoms with Gasteiger partial charge in [0.25, 0.3) is 0 Å². The van der Waals surface area contributed by atoms with Gasteiger partial charge < -0.3 is 9.64 Å². The minimum atomic E-state index is 0.887. The number of rotatable bonds is 3. The predicted molar refractivity (Wildman–Crippen MR) is 63.6 cm³/mol. The molecule has 0 saturated carbocycles. The smallest absolute Gasteiger partial charge is 0.141 e. The van der Waals surface area contributed by atoms with Crippen molar-refractivity contribution < 1.29 is 4.74 Å². The zero-order chi connectivity index (χ0) is 11.4. The molecule has 0 unspecified atom stereocenters. The number of nitrogens with zero attached hydrogens (tertiary/aromatic N) is 3. The van der Waals surface area contributed by atoms with Crippen molar-refractivity contribution in [1.82, 2.24) is 14.8 Å². The summed E-state index contributed by atoms with van der Waals surface area (Å²) >= 11 is 0. The Balaban J connectivity index is 1.98. The van der Waals surface area contributed by atoms with Gasteiger partial charge in [0.05, 0.1) is 12.8 Å². The van der Waals surface area contributed by atoms with Gasteiger partial charge in [0.2, 0.25) is 0 Å². The van der Waals surface area contributed by atoms with Crippen molar-refractivity contribution in [3.63, 3.8) is 0 Å². The van der Waals surface area contributed by atoms with Gasteiger partial charge in [-0.05, 0) is 19.2 Å². The Morgan fingerprint density at radius 3 is 2.75 bits per heavy atom. The number of piperazine rings is 1. The summed E-state index contributed by atoms with van der Waals surface area (Å²) < 4.78 is 5.31. The zero-order valence-electron chi connectivity index (χ0n) is 10.0. The van der Waals surface area contributed by atoms with Gasteiger partial charge in [-0.1, -0.05) is 0 Å². The maximum Gasteiger partial charge on any atom is 0.141 e. The van der Waals surface area contributed by atoms with E-state index in [4.69, 9.17) is 4.74 Å². The Morgan fingerprint density at radius 1 is 1.31 bits per heavy atom. The largest absolute Gasteiger partial charge is 0.495 e. The fraction of sp³-hybridized carbons (Fsp3) is 0.583. The Hall–Kier alpha value is -1.13. The van der Waals surface area contributed by atoms with Gasteiger partial charge in [0.1, 0.15) is 5.75 Å². The molecule has 4 nitrogen and oxygen atoms in total. The Bertz CT molecular complexity index is 335. The van der Waals surface area contributed by atoms with Crippen LogP contribution in [0.4, 0.5) is 0 Å². The highest BCUT2D eigenvalue weighted by Gasteiger charge is 2.15. The second kappa shape index (κ2) is 5.27. The molecule has 0 amide bonds. The zero-order valence-corrected chi connectivity index (χ0v) is 10.0. The number of aromatic nitrogens is 1. The number of hydrogen-bond donors (Lipinski definition) is 0. The second-order valence-electron chi connectivity index (χ2n) is 4.23. The first-order chi connectivity index (χ1) is 7.79. The molecule has 0 spiro atoms. The summed E-state index contributed by atoms with van der Waals surface area (Å²) in [5, 5.41) is 0. The summed E-state index contributed by atoms with van der Waals surface area (Å²) in [5.74, 6) is 0.890. The van der Waals surface area contributed by atoms with Gasteiger partial charge in [0, 0.05) is 38.9 Å². The number of likely N-dealkylation sites (N-methyl/N-ethyl adjacent to an activating group) is 1. The lowest BCUT2D eigenvalue weighted by Crippen LogP contribution is -2.44. The van der Waals surface area contributed by atoms with E-state index in [0.29, 0.717) is 0 Å². The fourth-order valence-electron chi connectivity index (χ4n) is 1.95. The average Bonchev–Trinajstić information content (AvgIpc) is 2.33. The van der Waals surface area contributed by atoms with E-state index in [2.05, 4.69) is 21.8 Å². The van der Waals surface area contributed by atoms with Gasteiger partial charge in [-0.2, -0.15) is 0 Å². The standard InChI is InChI=1S/C12H19N3O/c1-14-6-8-15(9-7-14)10-11-12(16-2)4-3-5-13-11/h3-5H,6-10H2,1-2H3. The van der Waals surface area contributed by atoms with E-state index in [1.54, 1.807) is 7.11 Å². The molecule has 1 aromatic rings. The third-order valence-corrected chi connectivity index (χ3v) is 3.04. The lowest BCUT2D eigenvalue weighted by atomic mass is 10.2. The van der Waals surface area contributed by atoms with Crippen molar-refractivity contribution >= 4 is 0 Å². The lowest BCUT2D eigenvalue weighted by molar-refractivity contribution is 0.145. The molecule has 0 aromatic carbocycles. The molecule has 88 valence electrons. The molecule has 0 atom stereocenters. The van der Waals surface area contributed by atoms with Crippen LogP contribution in [0.15, 0.2) is 18.3 Å². The highest BCUT2D eigenvalue weighted by molar-refractivity contribution is 5.26. The normalized spacial score (nSPS) is 18.6. The van der Waals surface area contributed by atoms with Crippen molar-refractivity contribution in [2.45, 2.75) is 6.54 Å². The van der Waals surface area contributed by atoms with Crippen molar-refractivity contribution in [3.8, 4) is 5.75 Å². The number of hydrogen-bond acceptors (Lipinski definition) is 4. The van der Waals surface area contributed by atoms with Crippen LogP contribution in [-0.2, 0) is 6.54 Å². The van der Waals surface area contributed by atoms with Crippen LogP contribution in [0.25, 0.3) is 0 Å². The van der Waals surface area contributed by atoms with E-state index in [-0.39, 0.29) is 0 Å². The molecule has 2 heterocycles. The van der Waals surface area contributed by atoms with E-state index < -0.39 is 0 Å². The summed E-state index contributed by atoms with van der Waals surface area (Å²) in [7, 11) is 3.86. The van der Waals surface area contributed by atoms with Crippen LogP contribution in [0.1, 0.15) is 5.69 Å². The average molecular weight is 221 g/mol. The second-order valence-corrected chi connectivity index (χ2v) is 4.23. The molecule has 0 radical (unpaired) electrons. The van der Waals surface area contributed by atoms with E-state index in [9.17, 15) is 0 Å². The quantitative estimate of drug-likeness (QED) is 0.756. The third-order valence-electron chi connectivity index (χ3n) is 3.04. The SMILES string of the molecule is COc1cccnc1CN1CCN(C)CC1. The molecular formula is C12H19N3O. The Morgan fingerprint density at radius 2 is 2.06 bits per heavy atom. The van der Waals surface area contributed by atoms with Crippen LogP contribution in [0.3, 0.4) is 0 Å². The number of pyridine rings is 1. The summed E-state index contributed by atoms with van der Waals surface area (Å²) in [6.07, 6.45) is 1.83. The van der Waals surface area contributed by atoms with Crippen molar-refractivity contribution in [2.75, 3.05) is 40.3 Å². The van der Waals surface area contributed by atoms with Crippen molar-refractivity contribution in [3.05, 3.63) is 24.0 Å². The summed E-state index contributed by atoms with van der Waals surface area (Å²) in [6, 6.07) is 3.88. The summed E-state index contributed by atoms with van der Waals surface area (Å²) in [5.41, 5.74) is 1.04. The van der Waals surface area contributed by atoms with Crippen LogP contribution < -0.4 is 4.74 Å². The maximum absolute atomic E-state index is 5.31.